The Morgan fingerprint density at radius 2 is 1.71 bits per heavy atom. The zero-order valence-corrected chi connectivity index (χ0v) is 20.1. The molecule has 3 aliphatic rings. The van der Waals surface area contributed by atoms with Gasteiger partial charge in [0.05, 0.1) is 32.3 Å². The molecule has 0 saturated heterocycles. The van der Waals surface area contributed by atoms with Gasteiger partial charge in [-0.05, 0) is 32.8 Å². The van der Waals surface area contributed by atoms with Gasteiger partial charge in [0.2, 0.25) is 0 Å². The molecule has 2 unspecified atom stereocenters. The van der Waals surface area contributed by atoms with E-state index in [9.17, 15) is 21.6 Å². The first-order valence-corrected chi connectivity index (χ1v) is 12.2. The van der Waals surface area contributed by atoms with Gasteiger partial charge in [-0.15, -0.1) is 0 Å². The monoisotopic (exact) mass is 516 g/mol. The Hall–Kier alpha value is -3.02. The Bertz CT molecular complexity index is 1300. The van der Waals surface area contributed by atoms with Crippen LogP contribution in [0.3, 0.4) is 0 Å². The predicted octanol–water partition coefficient (Wildman–Crippen LogP) is 4.65. The molecule has 190 valence electrons. The van der Waals surface area contributed by atoms with Crippen LogP contribution < -0.4 is 27.9 Å². The second-order valence-corrected chi connectivity index (χ2v) is 10.7. The molecule has 0 bridgehead atoms. The van der Waals surface area contributed by atoms with Gasteiger partial charge < -0.3 is 27.9 Å². The van der Waals surface area contributed by atoms with Gasteiger partial charge in [-0.3, -0.25) is 0 Å². The van der Waals surface area contributed by atoms with Gasteiger partial charge in [-0.1, -0.05) is 0 Å². The van der Waals surface area contributed by atoms with Crippen molar-refractivity contribution in [2.24, 2.45) is 0 Å². The highest BCUT2D eigenvalue weighted by molar-refractivity contribution is 7.88. The van der Waals surface area contributed by atoms with Crippen LogP contribution in [0.5, 0.6) is 34.5 Å². The molecule has 5 rings (SSSR count). The van der Waals surface area contributed by atoms with Crippen molar-refractivity contribution in [3.63, 3.8) is 0 Å². The lowest BCUT2D eigenvalue weighted by Gasteiger charge is -2.38. The molecule has 0 aliphatic carbocycles. The van der Waals surface area contributed by atoms with Crippen molar-refractivity contribution in [2.45, 2.75) is 49.8 Å². The first-order valence-electron chi connectivity index (χ1n) is 10.8. The summed E-state index contributed by atoms with van der Waals surface area (Å²) in [5.41, 5.74) is -4.04. The molecule has 0 amide bonds. The summed E-state index contributed by atoms with van der Waals surface area (Å²) in [6.45, 7) is 4.08. The van der Waals surface area contributed by atoms with Crippen LogP contribution in [0.1, 0.15) is 49.0 Å². The molecule has 0 aromatic heterocycles. The average molecular weight is 516 g/mol. The molecule has 0 fully saturated rings. The Morgan fingerprint density at radius 3 is 2.37 bits per heavy atom. The van der Waals surface area contributed by atoms with Crippen molar-refractivity contribution in [2.75, 3.05) is 20.8 Å². The quantitative estimate of drug-likeness (QED) is 0.429. The summed E-state index contributed by atoms with van der Waals surface area (Å²) in [7, 11) is -3.14. The molecule has 35 heavy (non-hydrogen) atoms. The Kier molecular flexibility index (Phi) is 5.24. The van der Waals surface area contributed by atoms with Crippen LogP contribution in [0.15, 0.2) is 18.2 Å². The van der Waals surface area contributed by atoms with Crippen molar-refractivity contribution in [3.8, 4) is 34.5 Å². The fourth-order valence-corrected chi connectivity index (χ4v) is 5.15. The molecular formula is C23H23F3O8S. The van der Waals surface area contributed by atoms with Crippen LogP contribution in [0.2, 0.25) is 0 Å². The van der Waals surface area contributed by atoms with E-state index in [4.69, 9.17) is 23.7 Å². The maximum absolute atomic E-state index is 12.9. The zero-order valence-electron chi connectivity index (χ0n) is 19.3. The highest BCUT2D eigenvalue weighted by atomic mass is 32.2. The summed E-state index contributed by atoms with van der Waals surface area (Å²) in [4.78, 5) is 0. The zero-order chi connectivity index (χ0) is 25.3. The molecule has 0 N–H and O–H groups in total. The fraction of sp³-hybridized carbons (Fsp3) is 0.478. The highest BCUT2D eigenvalue weighted by Crippen LogP contribution is 2.58. The van der Waals surface area contributed by atoms with Crippen molar-refractivity contribution < 1.29 is 49.5 Å². The minimum atomic E-state index is -5.90. The van der Waals surface area contributed by atoms with Gasteiger partial charge in [0.15, 0.2) is 11.5 Å². The van der Waals surface area contributed by atoms with E-state index in [1.54, 1.807) is 13.2 Å². The van der Waals surface area contributed by atoms with Gasteiger partial charge in [0, 0.05) is 23.3 Å². The molecule has 2 aromatic carbocycles. The molecule has 0 radical (unpaired) electrons. The van der Waals surface area contributed by atoms with Crippen molar-refractivity contribution in [1.29, 1.82) is 0 Å². The second kappa shape index (κ2) is 7.74. The van der Waals surface area contributed by atoms with Crippen molar-refractivity contribution in [3.05, 3.63) is 34.9 Å². The smallest absolute Gasteiger partial charge is 0.496 e. The molecule has 3 heterocycles. The largest absolute Gasteiger partial charge is 0.534 e. The number of methoxy groups -OCH3 is 2. The van der Waals surface area contributed by atoms with Crippen LogP contribution in [0.25, 0.3) is 0 Å². The second-order valence-electron chi connectivity index (χ2n) is 9.14. The van der Waals surface area contributed by atoms with Gasteiger partial charge in [-0.25, -0.2) is 0 Å². The van der Waals surface area contributed by atoms with Gasteiger partial charge in [-0.2, -0.15) is 21.6 Å². The topological polar surface area (TPSA) is 89.5 Å². The minimum absolute atomic E-state index is 0.133. The number of hydrogen-bond donors (Lipinski definition) is 0. The van der Waals surface area contributed by atoms with E-state index in [-0.39, 0.29) is 12.4 Å². The Labute approximate surface area is 199 Å². The summed E-state index contributed by atoms with van der Waals surface area (Å²) in [6.07, 6.45) is 0.905. The standard InChI is InChI=1S/C23H23F3O8S/c1-22(2)6-5-11-14(29-3)8-18-19(21(11)33-22)20-13(10-31-18)12-7-17(16(30-4)9-15(12)32-20)34-35(27,28)23(24,25)26/h7-9,13,20H,5-6,10H2,1-4H3. The number of alkyl halides is 3. The van der Waals surface area contributed by atoms with Crippen LogP contribution in [-0.2, 0) is 16.5 Å². The molecular weight excluding hydrogens is 493 g/mol. The predicted molar refractivity (Wildman–Crippen MR) is 116 cm³/mol. The van der Waals surface area contributed by atoms with Crippen molar-refractivity contribution >= 4 is 10.1 Å². The van der Waals surface area contributed by atoms with Gasteiger partial charge in [0.1, 0.15) is 34.7 Å². The third-order valence-corrected chi connectivity index (χ3v) is 7.39. The maximum Gasteiger partial charge on any atom is 0.534 e. The van der Waals surface area contributed by atoms with E-state index in [0.29, 0.717) is 40.5 Å². The Balaban J connectivity index is 1.59. The van der Waals surface area contributed by atoms with E-state index >= 15 is 0 Å². The lowest BCUT2D eigenvalue weighted by molar-refractivity contribution is -0.0500. The highest BCUT2D eigenvalue weighted by Gasteiger charge is 2.50. The molecule has 3 aliphatic heterocycles. The lowest BCUT2D eigenvalue weighted by Crippen LogP contribution is -2.35. The number of benzene rings is 2. The molecule has 2 atom stereocenters. The van der Waals surface area contributed by atoms with E-state index in [0.717, 1.165) is 12.0 Å². The number of hydrogen-bond acceptors (Lipinski definition) is 8. The SMILES string of the molecule is COc1cc2c(cc1OS(=O)(=O)C(F)(F)F)C1COc3cc(OC)c4c(c3C1O2)OC(C)(C)CC4. The molecule has 8 nitrogen and oxygen atoms in total. The minimum Gasteiger partial charge on any atom is -0.496 e. The summed E-state index contributed by atoms with van der Waals surface area (Å²) in [5, 5.41) is 0. The molecule has 12 heteroatoms. The average Bonchev–Trinajstić information content (AvgIpc) is 3.13. The summed E-state index contributed by atoms with van der Waals surface area (Å²) in [6, 6.07) is 4.29. The number of ether oxygens (including phenoxy) is 5. The van der Waals surface area contributed by atoms with Crippen LogP contribution >= 0.6 is 0 Å². The first-order chi connectivity index (χ1) is 16.3. The fourth-order valence-electron chi connectivity index (χ4n) is 4.69. The van der Waals surface area contributed by atoms with E-state index in [1.807, 2.05) is 13.8 Å². The summed E-state index contributed by atoms with van der Waals surface area (Å²) >= 11 is 0. The number of halogens is 3. The molecule has 0 saturated carbocycles. The van der Waals surface area contributed by atoms with E-state index in [1.165, 1.54) is 19.2 Å². The lowest BCUT2D eigenvalue weighted by atomic mass is 9.85. The van der Waals surface area contributed by atoms with Gasteiger partial charge >= 0.3 is 15.6 Å². The molecule has 2 aromatic rings. The van der Waals surface area contributed by atoms with Crippen LogP contribution in [-0.4, -0.2) is 40.4 Å². The summed E-state index contributed by atoms with van der Waals surface area (Å²) < 4.78 is 95.7. The van der Waals surface area contributed by atoms with Gasteiger partial charge in [0.25, 0.3) is 0 Å². The van der Waals surface area contributed by atoms with Crippen LogP contribution in [0, 0.1) is 0 Å². The number of rotatable bonds is 4. The van der Waals surface area contributed by atoms with E-state index < -0.39 is 39.0 Å². The van der Waals surface area contributed by atoms with Crippen molar-refractivity contribution in [1.82, 2.24) is 0 Å². The Morgan fingerprint density at radius 1 is 1.03 bits per heavy atom. The van der Waals surface area contributed by atoms with E-state index in [2.05, 4.69) is 4.18 Å². The third kappa shape index (κ3) is 3.78. The molecule has 0 spiro atoms. The van der Waals surface area contributed by atoms with Crippen LogP contribution in [0.4, 0.5) is 13.2 Å². The first kappa shape index (κ1) is 23.7. The third-order valence-electron chi connectivity index (χ3n) is 6.42. The summed E-state index contributed by atoms with van der Waals surface area (Å²) in [5.74, 6) is 0.822. The normalized spacial score (nSPS) is 21.8. The maximum atomic E-state index is 12.9. The number of fused-ring (bicyclic) bond motifs is 7.